The van der Waals surface area contributed by atoms with Crippen molar-refractivity contribution in [3.8, 4) is 0 Å². The molecule has 21 heavy (non-hydrogen) atoms. The second-order valence-corrected chi connectivity index (χ2v) is 7.39. The van der Waals surface area contributed by atoms with Gasteiger partial charge in [0.15, 0.2) is 0 Å². The van der Waals surface area contributed by atoms with Gasteiger partial charge in [-0.1, -0.05) is 6.07 Å². The highest BCUT2D eigenvalue weighted by Gasteiger charge is 2.29. The zero-order chi connectivity index (χ0) is 15.0. The van der Waals surface area contributed by atoms with E-state index >= 15 is 0 Å². The maximum absolute atomic E-state index is 11.8. The SMILES string of the molecule is CNC1C(=O)Nc2cc(N(C)Cc3csc(Br)c3)ccc21. The van der Waals surface area contributed by atoms with Crippen molar-refractivity contribution < 1.29 is 4.79 Å². The third-order valence-electron chi connectivity index (χ3n) is 3.64. The van der Waals surface area contributed by atoms with Crippen molar-refractivity contribution in [3.05, 3.63) is 44.6 Å². The number of halogens is 1. The fourth-order valence-corrected chi connectivity index (χ4v) is 3.77. The summed E-state index contributed by atoms with van der Waals surface area (Å²) in [5.74, 6) is 0.00840. The molecule has 0 fully saturated rings. The zero-order valence-corrected chi connectivity index (χ0v) is 14.2. The lowest BCUT2D eigenvalue weighted by Gasteiger charge is -2.19. The highest BCUT2D eigenvalue weighted by molar-refractivity contribution is 9.11. The van der Waals surface area contributed by atoms with Gasteiger partial charge in [0.2, 0.25) is 5.91 Å². The average Bonchev–Trinajstić information content (AvgIpc) is 3.00. The Morgan fingerprint density at radius 1 is 1.43 bits per heavy atom. The van der Waals surface area contributed by atoms with Crippen LogP contribution in [0.3, 0.4) is 0 Å². The van der Waals surface area contributed by atoms with Crippen LogP contribution >= 0.6 is 27.3 Å². The maximum Gasteiger partial charge on any atom is 0.246 e. The average molecular weight is 366 g/mol. The number of nitrogens with one attached hydrogen (secondary N) is 2. The smallest absolute Gasteiger partial charge is 0.246 e. The molecule has 1 unspecified atom stereocenters. The van der Waals surface area contributed by atoms with Crippen LogP contribution in [0.2, 0.25) is 0 Å². The lowest BCUT2D eigenvalue weighted by atomic mass is 10.1. The summed E-state index contributed by atoms with van der Waals surface area (Å²) in [6, 6.07) is 8.00. The fraction of sp³-hybridized carbons (Fsp3) is 0.267. The number of carbonyl (C=O) groups excluding carboxylic acids is 1. The van der Waals surface area contributed by atoms with Gasteiger partial charge in [0.25, 0.3) is 0 Å². The molecule has 1 amide bonds. The van der Waals surface area contributed by atoms with E-state index in [2.05, 4.69) is 56.0 Å². The topological polar surface area (TPSA) is 44.4 Å². The van der Waals surface area contributed by atoms with Crippen LogP contribution in [-0.4, -0.2) is 20.0 Å². The summed E-state index contributed by atoms with van der Waals surface area (Å²) in [6.45, 7) is 0.838. The monoisotopic (exact) mass is 365 g/mol. The number of fused-ring (bicyclic) bond motifs is 1. The van der Waals surface area contributed by atoms with Crippen molar-refractivity contribution in [2.75, 3.05) is 24.3 Å². The number of hydrogen-bond acceptors (Lipinski definition) is 4. The number of rotatable bonds is 4. The van der Waals surface area contributed by atoms with Crippen LogP contribution in [0.15, 0.2) is 33.4 Å². The first-order valence-electron chi connectivity index (χ1n) is 6.64. The zero-order valence-electron chi connectivity index (χ0n) is 11.8. The number of likely N-dealkylation sites (N-methyl/N-ethyl adjacent to an activating group) is 1. The Hall–Kier alpha value is -1.37. The summed E-state index contributed by atoms with van der Waals surface area (Å²) in [6.07, 6.45) is 0. The van der Waals surface area contributed by atoms with Gasteiger partial charge in [-0.15, -0.1) is 11.3 Å². The molecule has 1 aromatic carbocycles. The predicted molar refractivity (Wildman–Crippen MR) is 91.0 cm³/mol. The van der Waals surface area contributed by atoms with E-state index in [1.165, 1.54) is 5.56 Å². The van der Waals surface area contributed by atoms with Gasteiger partial charge in [0.05, 0.1) is 3.79 Å². The lowest BCUT2D eigenvalue weighted by Crippen LogP contribution is -2.23. The second kappa shape index (κ2) is 5.79. The van der Waals surface area contributed by atoms with Crippen molar-refractivity contribution >= 4 is 44.5 Å². The van der Waals surface area contributed by atoms with Gasteiger partial charge >= 0.3 is 0 Å². The van der Waals surface area contributed by atoms with Crippen LogP contribution < -0.4 is 15.5 Å². The summed E-state index contributed by atoms with van der Waals surface area (Å²) in [7, 11) is 3.85. The molecule has 0 aliphatic carbocycles. The van der Waals surface area contributed by atoms with E-state index in [1.54, 1.807) is 18.4 Å². The third-order valence-corrected chi connectivity index (χ3v) is 5.19. The molecule has 0 radical (unpaired) electrons. The molecule has 2 N–H and O–H groups in total. The Labute approximate surface area is 136 Å². The van der Waals surface area contributed by atoms with Crippen LogP contribution in [0.1, 0.15) is 17.2 Å². The third kappa shape index (κ3) is 2.84. The largest absolute Gasteiger partial charge is 0.370 e. The molecule has 1 aliphatic heterocycles. The van der Waals surface area contributed by atoms with E-state index in [9.17, 15) is 4.79 Å². The van der Waals surface area contributed by atoms with Crippen molar-refractivity contribution in [1.29, 1.82) is 0 Å². The first-order chi connectivity index (χ1) is 10.1. The molecule has 0 saturated heterocycles. The van der Waals surface area contributed by atoms with E-state index < -0.39 is 0 Å². The number of amides is 1. The molecule has 6 heteroatoms. The van der Waals surface area contributed by atoms with Crippen molar-refractivity contribution in [2.24, 2.45) is 0 Å². The van der Waals surface area contributed by atoms with Gasteiger partial charge in [-0.25, -0.2) is 0 Å². The van der Waals surface area contributed by atoms with E-state index in [4.69, 9.17) is 0 Å². The Kier molecular flexibility index (Phi) is 4.01. The van der Waals surface area contributed by atoms with Crippen LogP contribution in [-0.2, 0) is 11.3 Å². The van der Waals surface area contributed by atoms with Gasteiger partial charge in [-0.2, -0.15) is 0 Å². The number of nitrogens with zero attached hydrogens (tertiary/aromatic N) is 1. The van der Waals surface area contributed by atoms with Gasteiger partial charge in [-0.05, 0) is 52.1 Å². The van der Waals surface area contributed by atoms with Crippen molar-refractivity contribution in [2.45, 2.75) is 12.6 Å². The molecule has 110 valence electrons. The van der Waals surface area contributed by atoms with Crippen LogP contribution in [0.4, 0.5) is 11.4 Å². The molecule has 3 rings (SSSR count). The molecule has 1 aromatic heterocycles. The van der Waals surface area contributed by atoms with Crippen LogP contribution in [0.5, 0.6) is 0 Å². The van der Waals surface area contributed by atoms with Gasteiger partial charge in [0, 0.05) is 30.5 Å². The highest BCUT2D eigenvalue weighted by Crippen LogP contribution is 2.34. The van der Waals surface area contributed by atoms with Gasteiger partial charge < -0.3 is 15.5 Å². The van der Waals surface area contributed by atoms with E-state index in [0.717, 1.165) is 27.3 Å². The van der Waals surface area contributed by atoms with Crippen LogP contribution in [0.25, 0.3) is 0 Å². The van der Waals surface area contributed by atoms with E-state index in [-0.39, 0.29) is 11.9 Å². The Balaban J connectivity index is 1.81. The Morgan fingerprint density at radius 3 is 2.90 bits per heavy atom. The van der Waals surface area contributed by atoms with Gasteiger partial charge in [0.1, 0.15) is 6.04 Å². The number of thiophene rings is 1. The Bertz CT molecular complexity index is 685. The normalized spacial score (nSPS) is 16.7. The molecule has 1 aliphatic rings. The fourth-order valence-electron chi connectivity index (χ4n) is 2.57. The lowest BCUT2D eigenvalue weighted by molar-refractivity contribution is -0.117. The second-order valence-electron chi connectivity index (χ2n) is 5.10. The number of carbonyl (C=O) groups is 1. The van der Waals surface area contributed by atoms with Gasteiger partial charge in [-0.3, -0.25) is 4.79 Å². The summed E-state index contributed by atoms with van der Waals surface area (Å²) in [5.41, 5.74) is 4.27. The molecular formula is C15H16BrN3OS. The molecule has 1 atom stereocenters. The minimum absolute atomic E-state index is 0.00840. The first kappa shape index (κ1) is 14.6. The molecule has 2 heterocycles. The van der Waals surface area contributed by atoms with Crippen molar-refractivity contribution in [1.82, 2.24) is 5.32 Å². The summed E-state index contributed by atoms with van der Waals surface area (Å²) in [5, 5.41) is 8.11. The van der Waals surface area contributed by atoms with Crippen molar-refractivity contribution in [3.63, 3.8) is 0 Å². The van der Waals surface area contributed by atoms with Crippen LogP contribution in [0, 0.1) is 0 Å². The predicted octanol–water partition coefficient (Wildman–Crippen LogP) is 3.36. The standard InChI is InChI=1S/C15H16BrN3OS/c1-17-14-11-4-3-10(6-12(11)18-15(14)20)19(2)7-9-5-13(16)21-8-9/h3-6,8,14,17H,7H2,1-2H3,(H,18,20). The molecule has 0 spiro atoms. The molecule has 4 nitrogen and oxygen atoms in total. The minimum Gasteiger partial charge on any atom is -0.370 e. The maximum atomic E-state index is 11.8. The first-order valence-corrected chi connectivity index (χ1v) is 8.32. The quantitative estimate of drug-likeness (QED) is 0.872. The Morgan fingerprint density at radius 2 is 2.24 bits per heavy atom. The number of hydrogen-bond donors (Lipinski definition) is 2. The summed E-state index contributed by atoms with van der Waals surface area (Å²) in [4.78, 5) is 14.0. The molecule has 0 bridgehead atoms. The molecule has 0 saturated carbocycles. The molecular weight excluding hydrogens is 350 g/mol. The summed E-state index contributed by atoms with van der Waals surface area (Å²) < 4.78 is 1.14. The minimum atomic E-state index is -0.243. The molecule has 2 aromatic rings. The van der Waals surface area contributed by atoms with E-state index in [0.29, 0.717) is 0 Å². The highest BCUT2D eigenvalue weighted by atomic mass is 79.9. The van der Waals surface area contributed by atoms with E-state index in [1.807, 2.05) is 12.1 Å². The number of anilines is 2. The summed E-state index contributed by atoms with van der Waals surface area (Å²) >= 11 is 5.18. The number of benzene rings is 1.